The van der Waals surface area contributed by atoms with Crippen LogP contribution in [0.3, 0.4) is 0 Å². The van der Waals surface area contributed by atoms with Crippen molar-refractivity contribution in [3.05, 3.63) is 29.6 Å². The molecule has 1 aromatic rings. The number of allylic oxidation sites excluding steroid dienone is 2. The predicted octanol–water partition coefficient (Wildman–Crippen LogP) is 2.32. The molecule has 3 atom stereocenters. The third-order valence-electron chi connectivity index (χ3n) is 3.56. The van der Waals surface area contributed by atoms with E-state index in [1.807, 2.05) is 19.3 Å². The number of aliphatic hydroxyl groups is 1. The van der Waals surface area contributed by atoms with E-state index in [2.05, 4.69) is 25.0 Å². The number of hydrogen-bond donors (Lipinski definition) is 1. The van der Waals surface area contributed by atoms with Gasteiger partial charge in [0.25, 0.3) is 0 Å². The monoisotopic (exact) mass is 234 g/mol. The minimum Gasteiger partial charge on any atom is -0.392 e. The lowest BCUT2D eigenvalue weighted by Crippen LogP contribution is -2.27. The zero-order valence-electron chi connectivity index (χ0n) is 10.9. The van der Waals surface area contributed by atoms with Crippen LogP contribution in [0.2, 0.25) is 0 Å². The van der Waals surface area contributed by atoms with Crippen LogP contribution in [0.1, 0.15) is 32.4 Å². The lowest BCUT2D eigenvalue weighted by molar-refractivity contribution is 0.0922. The normalized spacial score (nSPS) is 26.7. The first-order chi connectivity index (χ1) is 8.04. The first-order valence-corrected chi connectivity index (χ1v) is 6.38. The van der Waals surface area contributed by atoms with E-state index >= 15 is 0 Å². The molecule has 3 heteroatoms. The minimum absolute atomic E-state index is 0.268. The third kappa shape index (κ3) is 3.19. The molecule has 0 aromatic carbocycles. The molecule has 1 aliphatic carbocycles. The molecule has 0 aliphatic heterocycles. The SMILES string of the molecule is CC1=CC(C)CC(C(O)Cc2ccn(C)n2)C1. The average molecular weight is 234 g/mol. The zero-order chi connectivity index (χ0) is 12.4. The van der Waals surface area contributed by atoms with Gasteiger partial charge in [-0.2, -0.15) is 5.10 Å². The van der Waals surface area contributed by atoms with Crippen LogP contribution in [0.15, 0.2) is 23.9 Å². The van der Waals surface area contributed by atoms with Gasteiger partial charge in [0, 0.05) is 19.7 Å². The summed E-state index contributed by atoms with van der Waals surface area (Å²) in [4.78, 5) is 0. The van der Waals surface area contributed by atoms with Crippen LogP contribution >= 0.6 is 0 Å². The summed E-state index contributed by atoms with van der Waals surface area (Å²) >= 11 is 0. The van der Waals surface area contributed by atoms with Crippen molar-refractivity contribution in [3.63, 3.8) is 0 Å². The first-order valence-electron chi connectivity index (χ1n) is 6.38. The van der Waals surface area contributed by atoms with Crippen LogP contribution in [-0.4, -0.2) is 21.0 Å². The predicted molar refractivity (Wildman–Crippen MR) is 68.6 cm³/mol. The highest BCUT2D eigenvalue weighted by atomic mass is 16.3. The summed E-state index contributed by atoms with van der Waals surface area (Å²) in [6.07, 6.45) is 6.77. The number of aromatic nitrogens is 2. The Morgan fingerprint density at radius 1 is 1.59 bits per heavy atom. The van der Waals surface area contributed by atoms with Crippen molar-refractivity contribution in [2.45, 2.75) is 39.2 Å². The van der Waals surface area contributed by atoms with Crippen molar-refractivity contribution >= 4 is 0 Å². The quantitative estimate of drug-likeness (QED) is 0.815. The Morgan fingerprint density at radius 3 is 2.94 bits per heavy atom. The van der Waals surface area contributed by atoms with Crippen LogP contribution < -0.4 is 0 Å². The lowest BCUT2D eigenvalue weighted by atomic mass is 9.79. The van der Waals surface area contributed by atoms with Crippen molar-refractivity contribution < 1.29 is 5.11 Å². The van der Waals surface area contributed by atoms with Crippen molar-refractivity contribution in [2.75, 3.05) is 0 Å². The Balaban J connectivity index is 1.96. The average Bonchev–Trinajstić information content (AvgIpc) is 2.62. The number of nitrogens with zero attached hydrogens (tertiary/aromatic N) is 2. The highest BCUT2D eigenvalue weighted by Gasteiger charge is 2.25. The largest absolute Gasteiger partial charge is 0.392 e. The molecular weight excluding hydrogens is 212 g/mol. The molecule has 1 heterocycles. The summed E-state index contributed by atoms with van der Waals surface area (Å²) in [5.74, 6) is 0.976. The smallest absolute Gasteiger partial charge is 0.0650 e. The molecule has 0 bridgehead atoms. The van der Waals surface area contributed by atoms with Gasteiger partial charge in [-0.25, -0.2) is 0 Å². The van der Waals surface area contributed by atoms with Gasteiger partial charge in [0.15, 0.2) is 0 Å². The van der Waals surface area contributed by atoms with Crippen molar-refractivity contribution in [2.24, 2.45) is 18.9 Å². The van der Waals surface area contributed by atoms with Gasteiger partial charge in [-0.1, -0.05) is 18.6 Å². The third-order valence-corrected chi connectivity index (χ3v) is 3.56. The molecule has 2 rings (SSSR count). The summed E-state index contributed by atoms with van der Waals surface area (Å²) < 4.78 is 1.79. The molecule has 17 heavy (non-hydrogen) atoms. The second-order valence-electron chi connectivity index (χ2n) is 5.44. The highest BCUT2D eigenvalue weighted by molar-refractivity contribution is 5.08. The van der Waals surface area contributed by atoms with E-state index in [9.17, 15) is 5.11 Å². The fourth-order valence-electron chi connectivity index (χ4n) is 2.84. The fraction of sp³-hybridized carbons (Fsp3) is 0.643. The topological polar surface area (TPSA) is 38.0 Å². The van der Waals surface area contributed by atoms with Crippen LogP contribution in [0.5, 0.6) is 0 Å². The van der Waals surface area contributed by atoms with E-state index in [4.69, 9.17) is 0 Å². The van der Waals surface area contributed by atoms with Gasteiger partial charge >= 0.3 is 0 Å². The minimum atomic E-state index is -0.268. The van der Waals surface area contributed by atoms with Crippen LogP contribution in [0.25, 0.3) is 0 Å². The van der Waals surface area contributed by atoms with E-state index < -0.39 is 0 Å². The molecule has 0 amide bonds. The molecule has 0 saturated carbocycles. The molecule has 0 radical (unpaired) electrons. The maximum Gasteiger partial charge on any atom is 0.0650 e. The number of aliphatic hydroxyl groups excluding tert-OH is 1. The second kappa shape index (κ2) is 5.05. The second-order valence-corrected chi connectivity index (χ2v) is 5.44. The fourth-order valence-corrected chi connectivity index (χ4v) is 2.84. The van der Waals surface area contributed by atoms with Gasteiger partial charge in [-0.15, -0.1) is 0 Å². The molecule has 1 N–H and O–H groups in total. The van der Waals surface area contributed by atoms with E-state index in [0.29, 0.717) is 18.3 Å². The molecular formula is C14H22N2O. The number of aryl methyl sites for hydroxylation is 1. The molecule has 1 aliphatic rings. The van der Waals surface area contributed by atoms with Crippen LogP contribution in [0.4, 0.5) is 0 Å². The molecule has 0 fully saturated rings. The van der Waals surface area contributed by atoms with Gasteiger partial charge in [0.1, 0.15) is 0 Å². The van der Waals surface area contributed by atoms with E-state index in [1.54, 1.807) is 4.68 Å². The number of hydrogen-bond acceptors (Lipinski definition) is 2. The van der Waals surface area contributed by atoms with Crippen molar-refractivity contribution in [1.82, 2.24) is 9.78 Å². The van der Waals surface area contributed by atoms with Gasteiger partial charge in [-0.05, 0) is 37.7 Å². The van der Waals surface area contributed by atoms with Gasteiger partial charge in [0.05, 0.1) is 11.8 Å². The van der Waals surface area contributed by atoms with Crippen LogP contribution in [0, 0.1) is 11.8 Å². The van der Waals surface area contributed by atoms with E-state index in [1.165, 1.54) is 5.57 Å². The molecule has 0 spiro atoms. The van der Waals surface area contributed by atoms with Gasteiger partial charge < -0.3 is 5.11 Å². The molecule has 3 unspecified atom stereocenters. The molecule has 1 aromatic heterocycles. The maximum absolute atomic E-state index is 10.3. The standard InChI is InChI=1S/C14H22N2O/c1-10-6-11(2)8-12(7-10)14(17)9-13-4-5-16(3)15-13/h4-6,10,12,14,17H,7-9H2,1-3H3. The highest BCUT2D eigenvalue weighted by Crippen LogP contribution is 2.31. The summed E-state index contributed by atoms with van der Waals surface area (Å²) in [7, 11) is 1.91. The van der Waals surface area contributed by atoms with Crippen molar-refractivity contribution in [1.29, 1.82) is 0 Å². The summed E-state index contributed by atoms with van der Waals surface area (Å²) in [5.41, 5.74) is 2.40. The number of rotatable bonds is 3. The van der Waals surface area contributed by atoms with E-state index in [0.717, 1.165) is 18.5 Å². The Labute approximate surface area is 103 Å². The Bertz CT molecular complexity index is 408. The first kappa shape index (κ1) is 12.4. The summed E-state index contributed by atoms with van der Waals surface area (Å²) in [5, 5.41) is 14.6. The maximum atomic E-state index is 10.3. The Kier molecular flexibility index (Phi) is 3.67. The van der Waals surface area contributed by atoms with Gasteiger partial charge in [-0.3, -0.25) is 4.68 Å². The summed E-state index contributed by atoms with van der Waals surface area (Å²) in [6, 6.07) is 1.98. The molecule has 0 saturated heterocycles. The van der Waals surface area contributed by atoms with Crippen LogP contribution in [-0.2, 0) is 13.5 Å². The van der Waals surface area contributed by atoms with E-state index in [-0.39, 0.29) is 6.10 Å². The molecule has 3 nitrogen and oxygen atoms in total. The van der Waals surface area contributed by atoms with Crippen molar-refractivity contribution in [3.8, 4) is 0 Å². The van der Waals surface area contributed by atoms with Gasteiger partial charge in [0.2, 0.25) is 0 Å². The Morgan fingerprint density at radius 2 is 2.35 bits per heavy atom. The zero-order valence-corrected chi connectivity index (χ0v) is 10.9. The molecule has 94 valence electrons. The lowest BCUT2D eigenvalue weighted by Gasteiger charge is -2.29. The summed E-state index contributed by atoms with van der Waals surface area (Å²) in [6.45, 7) is 4.39. The Hall–Kier alpha value is -1.09.